The highest BCUT2D eigenvalue weighted by atomic mass is 35.5. The Hall–Kier alpha value is -1.00. The molecule has 82 valence electrons. The Morgan fingerprint density at radius 3 is 2.53 bits per heavy atom. The summed E-state index contributed by atoms with van der Waals surface area (Å²) in [4.78, 5) is 8.80. The lowest BCUT2D eigenvalue weighted by molar-refractivity contribution is 0.312. The fourth-order valence-electron chi connectivity index (χ4n) is 1.66. The molecule has 0 amide bonds. The van der Waals surface area contributed by atoms with Gasteiger partial charge in [-0.25, -0.2) is 4.98 Å². The molecule has 0 aromatic carbocycles. The predicted molar refractivity (Wildman–Crippen MR) is 63.4 cm³/mol. The highest BCUT2D eigenvalue weighted by Gasteiger charge is 2.15. The van der Waals surface area contributed by atoms with Gasteiger partial charge in [-0.05, 0) is 19.2 Å². The molecule has 0 saturated carbocycles. The predicted octanol–water partition coefficient (Wildman–Crippen LogP) is 1.07. The van der Waals surface area contributed by atoms with Gasteiger partial charge in [0.05, 0.1) is 5.02 Å². The molecule has 1 aromatic heterocycles. The number of hydrogen-bond donors (Lipinski definition) is 1. The average molecular weight is 227 g/mol. The zero-order valence-corrected chi connectivity index (χ0v) is 9.54. The Morgan fingerprint density at radius 1 is 1.27 bits per heavy atom. The summed E-state index contributed by atoms with van der Waals surface area (Å²) < 4.78 is 0. The molecular weight excluding hydrogens is 212 g/mol. The fraction of sp³-hybridized carbons (Fsp3) is 0.500. The lowest BCUT2D eigenvalue weighted by atomic mass is 10.3. The quantitative estimate of drug-likeness (QED) is 0.778. The van der Waals surface area contributed by atoms with E-state index in [-0.39, 0.29) is 0 Å². The number of pyridine rings is 1. The monoisotopic (exact) mass is 226 g/mol. The summed E-state index contributed by atoms with van der Waals surface area (Å²) in [6.45, 7) is 4.10. The van der Waals surface area contributed by atoms with Crippen molar-refractivity contribution in [3.63, 3.8) is 0 Å². The Morgan fingerprint density at radius 2 is 1.93 bits per heavy atom. The number of piperazine rings is 1. The number of likely N-dealkylation sites (N-methyl/N-ethyl adjacent to an activating group) is 1. The van der Waals surface area contributed by atoms with Gasteiger partial charge in [0.2, 0.25) is 0 Å². The number of nitrogens with zero attached hydrogens (tertiary/aromatic N) is 3. The van der Waals surface area contributed by atoms with Crippen LogP contribution in [-0.4, -0.2) is 43.1 Å². The van der Waals surface area contributed by atoms with Crippen molar-refractivity contribution in [2.75, 3.05) is 43.9 Å². The van der Waals surface area contributed by atoms with Crippen LogP contribution in [0.3, 0.4) is 0 Å². The largest absolute Gasteiger partial charge is 0.382 e. The summed E-state index contributed by atoms with van der Waals surface area (Å²) in [5.74, 6) is 1.33. The lowest BCUT2D eigenvalue weighted by Gasteiger charge is -2.33. The first kappa shape index (κ1) is 10.5. The maximum Gasteiger partial charge on any atom is 0.144 e. The van der Waals surface area contributed by atoms with Crippen LogP contribution in [-0.2, 0) is 0 Å². The molecule has 1 aliphatic heterocycles. The third kappa shape index (κ3) is 2.33. The minimum Gasteiger partial charge on any atom is -0.382 e. The number of hydrogen-bond acceptors (Lipinski definition) is 4. The number of halogens is 1. The first-order valence-electron chi connectivity index (χ1n) is 5.02. The first-order chi connectivity index (χ1) is 7.16. The second-order valence-corrected chi connectivity index (χ2v) is 4.23. The van der Waals surface area contributed by atoms with E-state index in [4.69, 9.17) is 17.3 Å². The topological polar surface area (TPSA) is 45.4 Å². The van der Waals surface area contributed by atoms with Gasteiger partial charge in [0.15, 0.2) is 0 Å². The van der Waals surface area contributed by atoms with Crippen LogP contribution >= 0.6 is 11.6 Å². The van der Waals surface area contributed by atoms with E-state index in [9.17, 15) is 0 Å². The molecule has 1 aliphatic rings. The third-order valence-electron chi connectivity index (χ3n) is 2.69. The van der Waals surface area contributed by atoms with Gasteiger partial charge in [-0.2, -0.15) is 0 Å². The van der Waals surface area contributed by atoms with E-state index in [0.717, 1.165) is 32.0 Å². The maximum absolute atomic E-state index is 5.83. The molecule has 15 heavy (non-hydrogen) atoms. The van der Waals surface area contributed by atoms with Crippen molar-refractivity contribution >= 4 is 23.2 Å². The molecule has 4 nitrogen and oxygen atoms in total. The summed E-state index contributed by atoms with van der Waals surface area (Å²) in [7, 11) is 2.13. The zero-order chi connectivity index (χ0) is 10.8. The molecule has 5 heteroatoms. The Labute approximate surface area is 94.6 Å². The minimum atomic E-state index is 0.410. The van der Waals surface area contributed by atoms with Crippen molar-refractivity contribution in [3.8, 4) is 0 Å². The van der Waals surface area contributed by atoms with E-state index in [2.05, 4.69) is 21.8 Å². The summed E-state index contributed by atoms with van der Waals surface area (Å²) in [5.41, 5.74) is 5.67. The van der Waals surface area contributed by atoms with Crippen LogP contribution in [0.2, 0.25) is 5.02 Å². The van der Waals surface area contributed by atoms with Crippen molar-refractivity contribution in [3.05, 3.63) is 17.2 Å². The van der Waals surface area contributed by atoms with Crippen molar-refractivity contribution < 1.29 is 0 Å². The number of nitrogen functional groups attached to an aromatic ring is 1. The molecule has 0 atom stereocenters. The zero-order valence-electron chi connectivity index (χ0n) is 8.78. The van der Waals surface area contributed by atoms with E-state index in [1.54, 1.807) is 6.07 Å². The van der Waals surface area contributed by atoms with Gasteiger partial charge in [0, 0.05) is 26.2 Å². The van der Waals surface area contributed by atoms with Crippen molar-refractivity contribution in [1.29, 1.82) is 0 Å². The van der Waals surface area contributed by atoms with Crippen LogP contribution in [0.25, 0.3) is 0 Å². The second kappa shape index (κ2) is 4.24. The summed E-state index contributed by atoms with van der Waals surface area (Å²) in [6.07, 6.45) is 0. The smallest absolute Gasteiger partial charge is 0.144 e. The molecule has 0 spiro atoms. The SMILES string of the molecule is CN1CCN(c2ccc(Cl)c(N)n2)CC1. The van der Waals surface area contributed by atoms with Gasteiger partial charge >= 0.3 is 0 Å². The summed E-state index contributed by atoms with van der Waals surface area (Å²) in [6, 6.07) is 3.72. The van der Waals surface area contributed by atoms with E-state index in [1.807, 2.05) is 6.07 Å². The third-order valence-corrected chi connectivity index (χ3v) is 3.01. The molecule has 2 heterocycles. The molecule has 2 N–H and O–H groups in total. The van der Waals surface area contributed by atoms with E-state index in [1.165, 1.54) is 0 Å². The molecule has 0 unspecified atom stereocenters. The molecule has 0 aliphatic carbocycles. The second-order valence-electron chi connectivity index (χ2n) is 3.83. The number of nitrogens with two attached hydrogens (primary N) is 1. The van der Waals surface area contributed by atoms with Crippen molar-refractivity contribution in [2.24, 2.45) is 0 Å². The van der Waals surface area contributed by atoms with Crippen LogP contribution < -0.4 is 10.6 Å². The summed E-state index contributed by atoms with van der Waals surface area (Å²) >= 11 is 5.83. The number of rotatable bonds is 1. The van der Waals surface area contributed by atoms with Gasteiger partial charge in [0.1, 0.15) is 11.6 Å². The van der Waals surface area contributed by atoms with E-state index < -0.39 is 0 Å². The van der Waals surface area contributed by atoms with Crippen LogP contribution in [0, 0.1) is 0 Å². The van der Waals surface area contributed by atoms with Gasteiger partial charge < -0.3 is 15.5 Å². The van der Waals surface area contributed by atoms with Crippen LogP contribution in [0.4, 0.5) is 11.6 Å². The van der Waals surface area contributed by atoms with Gasteiger partial charge in [-0.3, -0.25) is 0 Å². The molecule has 0 radical (unpaired) electrons. The number of aromatic nitrogens is 1. The lowest BCUT2D eigenvalue weighted by Crippen LogP contribution is -2.44. The normalized spacial score (nSPS) is 18.1. The number of anilines is 2. The van der Waals surface area contributed by atoms with Crippen molar-refractivity contribution in [1.82, 2.24) is 9.88 Å². The summed E-state index contributed by atoms with van der Waals surface area (Å²) in [5, 5.41) is 0.521. The standard InChI is InChI=1S/C10H15ClN4/c1-14-4-6-15(7-5-14)9-3-2-8(11)10(12)13-9/h2-3H,4-7H2,1H3,(H2,12,13). The molecule has 2 rings (SSSR count). The van der Waals surface area contributed by atoms with Gasteiger partial charge in [-0.15, -0.1) is 0 Å². The van der Waals surface area contributed by atoms with Gasteiger partial charge in [-0.1, -0.05) is 11.6 Å². The van der Waals surface area contributed by atoms with Crippen molar-refractivity contribution in [2.45, 2.75) is 0 Å². The van der Waals surface area contributed by atoms with Crippen LogP contribution in [0.1, 0.15) is 0 Å². The molecule has 1 fully saturated rings. The fourth-order valence-corrected chi connectivity index (χ4v) is 1.76. The molecular formula is C10H15ClN4. The Kier molecular flexibility index (Phi) is 2.98. The van der Waals surface area contributed by atoms with E-state index in [0.29, 0.717) is 10.8 Å². The Bertz CT molecular complexity index is 347. The van der Waals surface area contributed by atoms with Crippen LogP contribution in [0.15, 0.2) is 12.1 Å². The van der Waals surface area contributed by atoms with E-state index >= 15 is 0 Å². The molecule has 1 aromatic rings. The minimum absolute atomic E-state index is 0.410. The van der Waals surface area contributed by atoms with Gasteiger partial charge in [0.25, 0.3) is 0 Å². The molecule has 1 saturated heterocycles. The highest BCUT2D eigenvalue weighted by molar-refractivity contribution is 6.32. The Balaban J connectivity index is 2.12. The first-order valence-corrected chi connectivity index (χ1v) is 5.40. The highest BCUT2D eigenvalue weighted by Crippen LogP contribution is 2.21. The molecule has 0 bridgehead atoms. The average Bonchev–Trinajstić information content (AvgIpc) is 2.23. The maximum atomic E-state index is 5.83. The van der Waals surface area contributed by atoms with Crippen LogP contribution in [0.5, 0.6) is 0 Å².